The van der Waals surface area contributed by atoms with Crippen LogP contribution in [0.5, 0.6) is 0 Å². The Kier molecular flexibility index (Phi) is 4.36. The van der Waals surface area contributed by atoms with Gasteiger partial charge in [-0.2, -0.15) is 5.10 Å². The Hall–Kier alpha value is -0.880. The molecule has 1 aromatic heterocycles. The first-order chi connectivity index (χ1) is 10.1. The summed E-state index contributed by atoms with van der Waals surface area (Å²) in [6, 6.07) is 0. The highest BCUT2D eigenvalue weighted by molar-refractivity contribution is 9.10. The van der Waals surface area contributed by atoms with Crippen LogP contribution in [0.25, 0.3) is 0 Å². The number of nitrogens with zero attached hydrogens (tertiary/aromatic N) is 3. The first-order valence-corrected chi connectivity index (χ1v) is 8.60. The zero-order valence-corrected chi connectivity index (χ0v) is 14.1. The lowest BCUT2D eigenvalue weighted by Crippen LogP contribution is -2.43. The van der Waals surface area contributed by atoms with Crippen LogP contribution in [0.15, 0.2) is 15.5 Å². The van der Waals surface area contributed by atoms with Crippen molar-refractivity contribution in [3.05, 3.63) is 21.0 Å². The molecule has 1 aliphatic heterocycles. The first-order valence-electron chi connectivity index (χ1n) is 7.80. The molecule has 0 radical (unpaired) electrons. The molecule has 3 rings (SSSR count). The number of aromatic nitrogens is 2. The molecule has 1 aliphatic carbocycles. The summed E-state index contributed by atoms with van der Waals surface area (Å²) in [5.74, 6) is 1.78. The van der Waals surface area contributed by atoms with Gasteiger partial charge in [0, 0.05) is 19.6 Å². The summed E-state index contributed by atoms with van der Waals surface area (Å²) in [6.45, 7) is 5.57. The second kappa shape index (κ2) is 6.08. The summed E-state index contributed by atoms with van der Waals surface area (Å²) in [4.78, 5) is 14.7. The highest BCUT2D eigenvalue weighted by Crippen LogP contribution is 2.31. The van der Waals surface area contributed by atoms with Gasteiger partial charge in [-0.25, -0.2) is 4.68 Å². The number of halogens is 1. The Labute approximate surface area is 133 Å². The van der Waals surface area contributed by atoms with Crippen LogP contribution in [0.3, 0.4) is 0 Å². The molecule has 2 aliphatic rings. The molecule has 0 amide bonds. The highest BCUT2D eigenvalue weighted by Gasteiger charge is 2.28. The number of anilines is 1. The van der Waals surface area contributed by atoms with Crippen molar-refractivity contribution in [3.63, 3.8) is 0 Å². The lowest BCUT2D eigenvalue weighted by Gasteiger charge is -2.38. The number of rotatable bonds is 4. The van der Waals surface area contributed by atoms with Crippen LogP contribution in [0.1, 0.15) is 26.2 Å². The monoisotopic (exact) mass is 354 g/mol. The molecule has 5 nitrogen and oxygen atoms in total. The average Bonchev–Trinajstić information content (AvgIpc) is 3.29. The molecule has 6 heteroatoms. The summed E-state index contributed by atoms with van der Waals surface area (Å²) in [5.41, 5.74) is 6.77. The quantitative estimate of drug-likeness (QED) is 0.895. The summed E-state index contributed by atoms with van der Waals surface area (Å²) in [6.07, 6.45) is 5.38. The van der Waals surface area contributed by atoms with Crippen LogP contribution in [0.4, 0.5) is 5.69 Å². The number of piperidine rings is 1. The van der Waals surface area contributed by atoms with Gasteiger partial charge in [0.2, 0.25) is 0 Å². The Morgan fingerprint density at radius 3 is 2.86 bits per heavy atom. The molecule has 1 saturated heterocycles. The third-order valence-corrected chi connectivity index (χ3v) is 5.60. The van der Waals surface area contributed by atoms with Crippen LogP contribution >= 0.6 is 15.9 Å². The van der Waals surface area contributed by atoms with Crippen LogP contribution in [0.2, 0.25) is 0 Å². The van der Waals surface area contributed by atoms with E-state index in [1.165, 1.54) is 12.8 Å². The Balaban J connectivity index is 1.81. The molecular formula is C15H23BrN4O. The molecule has 0 bridgehead atoms. The minimum Gasteiger partial charge on any atom is -0.369 e. The maximum absolute atomic E-state index is 12.4. The molecule has 2 unspecified atom stereocenters. The smallest absolute Gasteiger partial charge is 0.283 e. The van der Waals surface area contributed by atoms with Crippen molar-refractivity contribution in [1.29, 1.82) is 0 Å². The van der Waals surface area contributed by atoms with E-state index in [0.717, 1.165) is 31.7 Å². The second-order valence-corrected chi connectivity index (χ2v) is 7.28. The van der Waals surface area contributed by atoms with E-state index in [9.17, 15) is 4.79 Å². The molecule has 2 heterocycles. The van der Waals surface area contributed by atoms with Crippen molar-refractivity contribution in [3.8, 4) is 0 Å². The lowest BCUT2D eigenvalue weighted by atomic mass is 9.87. The van der Waals surface area contributed by atoms with E-state index < -0.39 is 0 Å². The standard InChI is InChI=1S/C15H23BrN4O/c1-10-4-5-19(9-12(10)6-17)13-7-18-20(8-11-2-3-11)15(21)14(13)16/h7,10-12H,2-6,8-9,17H2,1H3. The van der Waals surface area contributed by atoms with E-state index in [4.69, 9.17) is 5.73 Å². The fraction of sp³-hybridized carbons (Fsp3) is 0.733. The number of nitrogens with two attached hydrogens (primary N) is 1. The van der Waals surface area contributed by atoms with Gasteiger partial charge in [0.05, 0.1) is 11.9 Å². The number of hydrogen-bond donors (Lipinski definition) is 1. The zero-order valence-electron chi connectivity index (χ0n) is 12.5. The lowest BCUT2D eigenvalue weighted by molar-refractivity contribution is 0.307. The molecule has 1 saturated carbocycles. The first kappa shape index (κ1) is 15.0. The van der Waals surface area contributed by atoms with Gasteiger partial charge in [-0.05, 0) is 59.5 Å². The van der Waals surface area contributed by atoms with E-state index >= 15 is 0 Å². The predicted octanol–water partition coefficient (Wildman–Crippen LogP) is 1.84. The summed E-state index contributed by atoms with van der Waals surface area (Å²) in [5, 5.41) is 4.37. The maximum atomic E-state index is 12.4. The van der Waals surface area contributed by atoms with Crippen molar-refractivity contribution in [2.75, 3.05) is 24.5 Å². The molecule has 2 fully saturated rings. The SMILES string of the molecule is CC1CCN(c2cnn(CC3CC3)c(=O)c2Br)CC1CN. The maximum Gasteiger partial charge on any atom is 0.283 e. The van der Waals surface area contributed by atoms with Crippen molar-refractivity contribution < 1.29 is 0 Å². The molecule has 0 aromatic carbocycles. The van der Waals surface area contributed by atoms with Gasteiger partial charge in [0.15, 0.2) is 0 Å². The molecule has 2 N–H and O–H groups in total. The highest BCUT2D eigenvalue weighted by atomic mass is 79.9. The van der Waals surface area contributed by atoms with Gasteiger partial charge in [-0.3, -0.25) is 4.79 Å². The van der Waals surface area contributed by atoms with Crippen molar-refractivity contribution >= 4 is 21.6 Å². The molecule has 2 atom stereocenters. The van der Waals surface area contributed by atoms with Crippen molar-refractivity contribution in [2.45, 2.75) is 32.7 Å². The third-order valence-electron chi connectivity index (χ3n) is 4.85. The van der Waals surface area contributed by atoms with Gasteiger partial charge in [0.25, 0.3) is 5.56 Å². The van der Waals surface area contributed by atoms with Gasteiger partial charge >= 0.3 is 0 Å². The van der Waals surface area contributed by atoms with Crippen LogP contribution in [-0.4, -0.2) is 29.4 Å². The largest absolute Gasteiger partial charge is 0.369 e. The molecule has 0 spiro atoms. The predicted molar refractivity (Wildman–Crippen MR) is 87.5 cm³/mol. The normalized spacial score (nSPS) is 26.1. The molecule has 116 valence electrons. The van der Waals surface area contributed by atoms with Gasteiger partial charge in [0.1, 0.15) is 4.47 Å². The van der Waals surface area contributed by atoms with E-state index in [1.54, 1.807) is 4.68 Å². The molecule has 1 aromatic rings. The topological polar surface area (TPSA) is 64.2 Å². The van der Waals surface area contributed by atoms with E-state index in [0.29, 0.717) is 28.8 Å². The molecule has 21 heavy (non-hydrogen) atoms. The number of hydrogen-bond acceptors (Lipinski definition) is 4. The van der Waals surface area contributed by atoms with E-state index in [2.05, 4.69) is 32.9 Å². The summed E-state index contributed by atoms with van der Waals surface area (Å²) in [7, 11) is 0. The summed E-state index contributed by atoms with van der Waals surface area (Å²) < 4.78 is 2.24. The molecular weight excluding hydrogens is 332 g/mol. The fourth-order valence-corrected chi connectivity index (χ4v) is 3.58. The van der Waals surface area contributed by atoms with E-state index in [-0.39, 0.29) is 5.56 Å². The van der Waals surface area contributed by atoms with E-state index in [1.807, 2.05) is 6.20 Å². The van der Waals surface area contributed by atoms with Gasteiger partial charge in [-0.15, -0.1) is 0 Å². The second-order valence-electron chi connectivity index (χ2n) is 6.48. The van der Waals surface area contributed by atoms with Crippen molar-refractivity contribution in [2.24, 2.45) is 23.5 Å². The Morgan fingerprint density at radius 1 is 1.43 bits per heavy atom. The van der Waals surface area contributed by atoms with Crippen LogP contribution < -0.4 is 16.2 Å². The Morgan fingerprint density at radius 2 is 2.19 bits per heavy atom. The third kappa shape index (κ3) is 3.16. The van der Waals surface area contributed by atoms with Crippen LogP contribution in [-0.2, 0) is 6.54 Å². The van der Waals surface area contributed by atoms with Crippen molar-refractivity contribution in [1.82, 2.24) is 9.78 Å². The average molecular weight is 355 g/mol. The minimum absolute atomic E-state index is 0.0117. The van der Waals surface area contributed by atoms with Crippen LogP contribution in [0, 0.1) is 17.8 Å². The van der Waals surface area contributed by atoms with Gasteiger partial charge in [-0.1, -0.05) is 6.92 Å². The zero-order chi connectivity index (χ0) is 15.0. The summed E-state index contributed by atoms with van der Waals surface area (Å²) >= 11 is 3.49. The van der Waals surface area contributed by atoms with Gasteiger partial charge < -0.3 is 10.6 Å². The Bertz CT molecular complexity index is 569. The fourth-order valence-electron chi connectivity index (χ4n) is 3.03. The minimum atomic E-state index is -0.0117.